The molecule has 0 aromatic heterocycles. The highest BCUT2D eigenvalue weighted by atomic mass is 32.2. The monoisotopic (exact) mass is 437 g/mol. The van der Waals surface area contributed by atoms with Gasteiger partial charge in [0.05, 0.1) is 21.7 Å². The number of nitrogens with one attached hydrogen (secondary N) is 1. The molecule has 0 spiro atoms. The molecular formula is C21H24FNO4S2. The summed E-state index contributed by atoms with van der Waals surface area (Å²) in [7, 11) is -7.27. The third-order valence-electron chi connectivity index (χ3n) is 5.83. The van der Waals surface area contributed by atoms with Crippen molar-refractivity contribution in [3.63, 3.8) is 0 Å². The van der Waals surface area contributed by atoms with Crippen molar-refractivity contribution in [3.8, 4) is 0 Å². The molecule has 0 bridgehead atoms. The summed E-state index contributed by atoms with van der Waals surface area (Å²) in [5.74, 6) is -0.957. The number of rotatable bonds is 5. The fourth-order valence-corrected chi connectivity index (χ4v) is 8.99. The summed E-state index contributed by atoms with van der Waals surface area (Å²) < 4.78 is 64.2. The smallest absolute Gasteiger partial charge is 0.183 e. The van der Waals surface area contributed by atoms with E-state index in [0.29, 0.717) is 0 Å². The molecule has 5 nitrogen and oxygen atoms in total. The molecule has 4 rings (SSSR count). The Hall–Kier alpha value is -1.77. The molecule has 156 valence electrons. The largest absolute Gasteiger partial charge is 0.308 e. The summed E-state index contributed by atoms with van der Waals surface area (Å²) in [5.41, 5.74) is 3.00. The minimum absolute atomic E-state index is 0.203. The van der Waals surface area contributed by atoms with Crippen LogP contribution < -0.4 is 5.32 Å². The van der Waals surface area contributed by atoms with Crippen molar-refractivity contribution in [1.82, 2.24) is 5.32 Å². The Morgan fingerprint density at radius 3 is 2.38 bits per heavy atom. The van der Waals surface area contributed by atoms with Gasteiger partial charge < -0.3 is 5.32 Å². The first kappa shape index (κ1) is 20.5. The van der Waals surface area contributed by atoms with E-state index in [1.165, 1.54) is 17.7 Å². The van der Waals surface area contributed by atoms with Gasteiger partial charge in [-0.25, -0.2) is 21.2 Å². The fourth-order valence-electron chi connectivity index (χ4n) is 4.22. The van der Waals surface area contributed by atoms with Crippen LogP contribution in [0.25, 0.3) is 0 Å². The molecule has 1 N–H and O–H groups in total. The zero-order valence-electron chi connectivity index (χ0n) is 16.0. The molecule has 0 amide bonds. The van der Waals surface area contributed by atoms with Crippen molar-refractivity contribution in [3.05, 3.63) is 65.0 Å². The SMILES string of the molecule is O=S1(=O)C[C@H](NCc2ccc(F)cc2)[C@@H](S(=O)(=O)c2ccc3c(c2)CCCC3)C1. The summed E-state index contributed by atoms with van der Waals surface area (Å²) in [6.07, 6.45) is 3.95. The lowest BCUT2D eigenvalue weighted by atomic mass is 9.92. The maximum Gasteiger partial charge on any atom is 0.183 e. The van der Waals surface area contributed by atoms with Crippen molar-refractivity contribution >= 4 is 19.7 Å². The minimum atomic E-state index is -3.81. The van der Waals surface area contributed by atoms with Gasteiger partial charge in [-0.2, -0.15) is 0 Å². The van der Waals surface area contributed by atoms with Crippen LogP contribution in [0.1, 0.15) is 29.5 Å². The van der Waals surface area contributed by atoms with Crippen LogP contribution in [0.15, 0.2) is 47.4 Å². The van der Waals surface area contributed by atoms with Crippen LogP contribution in [0.2, 0.25) is 0 Å². The standard InChI is InChI=1S/C21H24FNO4S2/c22-18-8-5-15(6-9-18)12-23-20-13-28(24,25)14-21(20)29(26,27)19-10-7-16-3-1-2-4-17(16)11-19/h5-11,20-21,23H,1-4,12-14H2/t20-,21-/m0/s1. The van der Waals surface area contributed by atoms with Gasteiger partial charge in [-0.15, -0.1) is 0 Å². The van der Waals surface area contributed by atoms with Gasteiger partial charge in [0.15, 0.2) is 19.7 Å². The average Bonchev–Trinajstić information content (AvgIpc) is 3.02. The van der Waals surface area contributed by atoms with Crippen LogP contribution in [-0.2, 0) is 39.1 Å². The van der Waals surface area contributed by atoms with Gasteiger partial charge in [-0.3, -0.25) is 0 Å². The second-order valence-electron chi connectivity index (χ2n) is 7.91. The van der Waals surface area contributed by atoms with E-state index >= 15 is 0 Å². The van der Waals surface area contributed by atoms with Gasteiger partial charge in [0.1, 0.15) is 5.82 Å². The summed E-state index contributed by atoms with van der Waals surface area (Å²) in [5, 5.41) is 2.05. The first-order valence-electron chi connectivity index (χ1n) is 9.78. The molecule has 1 heterocycles. The molecule has 29 heavy (non-hydrogen) atoms. The lowest BCUT2D eigenvalue weighted by Gasteiger charge is -2.22. The Labute approximate surface area is 171 Å². The van der Waals surface area contributed by atoms with Crippen LogP contribution in [0.3, 0.4) is 0 Å². The van der Waals surface area contributed by atoms with Crippen molar-refractivity contribution < 1.29 is 21.2 Å². The number of benzene rings is 2. The molecule has 0 radical (unpaired) electrons. The minimum Gasteiger partial charge on any atom is -0.308 e. The Balaban J connectivity index is 1.59. The lowest BCUT2D eigenvalue weighted by molar-refractivity contribution is 0.525. The summed E-state index contributed by atoms with van der Waals surface area (Å²) in [6.45, 7) is 0.274. The Morgan fingerprint density at radius 2 is 1.66 bits per heavy atom. The third kappa shape index (κ3) is 4.39. The number of hydrogen-bond acceptors (Lipinski definition) is 5. The van der Waals surface area contributed by atoms with Crippen LogP contribution in [-0.4, -0.2) is 39.6 Å². The number of halogens is 1. The van der Waals surface area contributed by atoms with E-state index in [2.05, 4.69) is 5.32 Å². The number of aryl methyl sites for hydroxylation is 2. The molecule has 0 unspecified atom stereocenters. The van der Waals surface area contributed by atoms with E-state index in [0.717, 1.165) is 36.8 Å². The van der Waals surface area contributed by atoms with Crippen molar-refractivity contribution in [1.29, 1.82) is 0 Å². The van der Waals surface area contributed by atoms with Crippen LogP contribution in [0, 0.1) is 5.82 Å². The van der Waals surface area contributed by atoms with E-state index < -0.39 is 31.0 Å². The van der Waals surface area contributed by atoms with Crippen molar-refractivity contribution in [2.45, 2.75) is 48.4 Å². The zero-order chi connectivity index (χ0) is 20.6. The van der Waals surface area contributed by atoms with Crippen LogP contribution >= 0.6 is 0 Å². The molecular weight excluding hydrogens is 413 g/mol. The van der Waals surface area contributed by atoms with Gasteiger partial charge in [-0.1, -0.05) is 18.2 Å². The van der Waals surface area contributed by atoms with E-state index in [9.17, 15) is 21.2 Å². The quantitative estimate of drug-likeness (QED) is 0.777. The Kier molecular flexibility index (Phi) is 5.52. The molecule has 1 fully saturated rings. The van der Waals surface area contributed by atoms with Crippen molar-refractivity contribution in [2.24, 2.45) is 0 Å². The van der Waals surface area contributed by atoms with Gasteiger partial charge in [0.25, 0.3) is 0 Å². The molecule has 8 heteroatoms. The fraction of sp³-hybridized carbons (Fsp3) is 0.429. The topological polar surface area (TPSA) is 80.3 Å². The summed E-state index contributed by atoms with van der Waals surface area (Å²) >= 11 is 0. The zero-order valence-corrected chi connectivity index (χ0v) is 17.6. The molecule has 2 atom stereocenters. The molecule has 1 saturated heterocycles. The molecule has 2 aromatic rings. The van der Waals surface area contributed by atoms with Crippen LogP contribution in [0.4, 0.5) is 4.39 Å². The van der Waals surface area contributed by atoms with E-state index in [1.54, 1.807) is 24.3 Å². The van der Waals surface area contributed by atoms with E-state index in [4.69, 9.17) is 0 Å². The molecule has 1 aliphatic heterocycles. The highest BCUT2D eigenvalue weighted by molar-refractivity contribution is 7.96. The predicted molar refractivity (Wildman–Crippen MR) is 110 cm³/mol. The van der Waals surface area contributed by atoms with Gasteiger partial charge in [0, 0.05) is 12.6 Å². The number of hydrogen-bond donors (Lipinski definition) is 1. The first-order chi connectivity index (χ1) is 13.7. The predicted octanol–water partition coefficient (Wildman–Crippen LogP) is 2.43. The summed E-state index contributed by atoms with van der Waals surface area (Å²) in [4.78, 5) is 0.203. The normalized spacial score (nSPS) is 23.6. The van der Waals surface area contributed by atoms with E-state index in [1.807, 2.05) is 6.07 Å². The van der Waals surface area contributed by atoms with E-state index in [-0.39, 0.29) is 28.8 Å². The second kappa shape index (κ2) is 7.81. The third-order valence-corrected chi connectivity index (χ3v) is 9.98. The highest BCUT2D eigenvalue weighted by Gasteiger charge is 2.45. The lowest BCUT2D eigenvalue weighted by Crippen LogP contribution is -2.43. The molecule has 2 aliphatic rings. The van der Waals surface area contributed by atoms with Gasteiger partial charge in [-0.05, 0) is 66.6 Å². The van der Waals surface area contributed by atoms with Gasteiger partial charge in [0.2, 0.25) is 0 Å². The maximum atomic E-state index is 13.3. The average molecular weight is 438 g/mol. The Morgan fingerprint density at radius 1 is 0.966 bits per heavy atom. The highest BCUT2D eigenvalue weighted by Crippen LogP contribution is 2.30. The Bertz CT molecular complexity index is 1110. The molecule has 1 aliphatic carbocycles. The second-order valence-corrected chi connectivity index (χ2v) is 12.2. The number of fused-ring (bicyclic) bond motifs is 1. The summed E-state index contributed by atoms with van der Waals surface area (Å²) in [6, 6.07) is 10.3. The first-order valence-corrected chi connectivity index (χ1v) is 13.2. The maximum absolute atomic E-state index is 13.3. The molecule has 0 saturated carbocycles. The van der Waals surface area contributed by atoms with Crippen LogP contribution in [0.5, 0.6) is 0 Å². The molecule has 2 aromatic carbocycles. The van der Waals surface area contributed by atoms with Crippen molar-refractivity contribution in [2.75, 3.05) is 11.5 Å². The van der Waals surface area contributed by atoms with Gasteiger partial charge >= 0.3 is 0 Å². The number of sulfone groups is 2.